The minimum atomic E-state index is -3.76. The van der Waals surface area contributed by atoms with Crippen LogP contribution in [-0.4, -0.2) is 55.7 Å². The number of hydrogen-bond acceptors (Lipinski definition) is 11. The lowest BCUT2D eigenvalue weighted by Crippen LogP contribution is -2.38. The maximum atomic E-state index is 14.2. The van der Waals surface area contributed by atoms with Gasteiger partial charge in [-0.2, -0.15) is 0 Å². The van der Waals surface area contributed by atoms with Crippen molar-refractivity contribution in [2.45, 2.75) is 45.3 Å². The second-order valence-corrected chi connectivity index (χ2v) is 13.9. The predicted octanol–water partition coefficient (Wildman–Crippen LogP) is 5.72. The van der Waals surface area contributed by atoms with E-state index >= 15 is 0 Å². The van der Waals surface area contributed by atoms with E-state index < -0.39 is 13.7 Å². The van der Waals surface area contributed by atoms with Crippen LogP contribution in [0.3, 0.4) is 0 Å². The Hall–Kier alpha value is -2.60. The summed E-state index contributed by atoms with van der Waals surface area (Å²) in [5.74, 6) is 2.10. The van der Waals surface area contributed by atoms with Gasteiger partial charge >= 0.3 is 7.60 Å². The number of anilines is 1. The standard InChI is InChI=1S/C27H32N5O5PS2/c1-19-7-6-10-22(11-19)36-38(33,18-35-20(2)12-32-17-31-25-26(28)29-16-30-27(25)32)37-24-15-40-39-14-23(24)34-13-21-8-4-3-5-9-21/h3-11,16-17,20,23-24H,12-15,18H2,1-2H3,(H2,28,29,30). The zero-order valence-electron chi connectivity index (χ0n) is 22.3. The number of nitrogen functional groups attached to an aromatic ring is 1. The molecule has 0 spiro atoms. The first kappa shape index (κ1) is 28.9. The minimum Gasteiger partial charge on any atom is -0.423 e. The van der Waals surface area contributed by atoms with Crippen LogP contribution < -0.4 is 10.3 Å². The van der Waals surface area contributed by atoms with Crippen molar-refractivity contribution in [3.8, 4) is 5.75 Å². The normalized spacial score (nSPS) is 19.8. The molecule has 1 aliphatic heterocycles. The van der Waals surface area contributed by atoms with Crippen LogP contribution in [0.25, 0.3) is 11.2 Å². The number of aryl methyl sites for hydroxylation is 1. The fourth-order valence-corrected chi connectivity index (χ4v) is 8.36. The van der Waals surface area contributed by atoms with Crippen molar-refractivity contribution in [2.75, 3.05) is 23.6 Å². The first-order chi connectivity index (χ1) is 19.4. The summed E-state index contributed by atoms with van der Waals surface area (Å²) in [5, 5.41) is 0. The smallest absolute Gasteiger partial charge is 0.405 e. The Morgan fingerprint density at radius 2 is 1.88 bits per heavy atom. The Labute approximate surface area is 241 Å². The SMILES string of the molecule is Cc1cccc(OP(=O)(COC(C)Cn2cnc3c(N)ncnc32)OC2CSSCC2OCc2ccccc2)c1. The summed E-state index contributed by atoms with van der Waals surface area (Å²) in [6.07, 6.45) is 1.78. The van der Waals surface area contributed by atoms with E-state index in [1.165, 1.54) is 6.33 Å². The van der Waals surface area contributed by atoms with Crippen molar-refractivity contribution in [3.05, 3.63) is 78.4 Å². The summed E-state index contributed by atoms with van der Waals surface area (Å²) in [6.45, 7) is 4.69. The van der Waals surface area contributed by atoms with E-state index in [0.29, 0.717) is 47.4 Å². The fourth-order valence-electron chi connectivity index (χ4n) is 4.17. The summed E-state index contributed by atoms with van der Waals surface area (Å²) >= 11 is 0. The molecule has 1 aliphatic rings. The quantitative estimate of drug-likeness (QED) is 0.158. The second-order valence-electron chi connectivity index (χ2n) is 9.50. The average molecular weight is 602 g/mol. The van der Waals surface area contributed by atoms with Gasteiger partial charge in [-0.25, -0.2) is 19.5 Å². The molecule has 2 aromatic carbocycles. The molecule has 4 unspecified atom stereocenters. The molecule has 1 saturated heterocycles. The van der Waals surface area contributed by atoms with Crippen molar-refractivity contribution in [1.29, 1.82) is 0 Å². The van der Waals surface area contributed by atoms with Gasteiger partial charge in [0.2, 0.25) is 0 Å². The molecule has 0 bridgehead atoms. The van der Waals surface area contributed by atoms with Crippen LogP contribution in [0.1, 0.15) is 18.1 Å². The van der Waals surface area contributed by atoms with Gasteiger partial charge in [0, 0.05) is 11.5 Å². The Bertz CT molecular complexity index is 1460. The number of nitrogens with two attached hydrogens (primary N) is 1. The summed E-state index contributed by atoms with van der Waals surface area (Å²) in [5.41, 5.74) is 9.10. The number of nitrogens with zero attached hydrogens (tertiary/aromatic N) is 4. The lowest BCUT2D eigenvalue weighted by molar-refractivity contribution is -0.0192. The van der Waals surface area contributed by atoms with E-state index in [2.05, 4.69) is 15.0 Å². The molecule has 2 aromatic heterocycles. The molecular formula is C27H32N5O5PS2. The number of rotatable bonds is 12. The molecule has 1 fully saturated rings. The molecule has 4 aromatic rings. The first-order valence-corrected chi connectivity index (χ1v) is 17.1. The molecule has 2 N–H and O–H groups in total. The maximum absolute atomic E-state index is 14.2. The van der Waals surface area contributed by atoms with Crippen LogP contribution in [0, 0.1) is 6.92 Å². The van der Waals surface area contributed by atoms with Crippen molar-refractivity contribution in [1.82, 2.24) is 19.5 Å². The molecule has 212 valence electrons. The highest BCUT2D eigenvalue weighted by molar-refractivity contribution is 8.76. The van der Waals surface area contributed by atoms with Crippen molar-refractivity contribution >= 4 is 46.2 Å². The molecule has 4 atom stereocenters. The summed E-state index contributed by atoms with van der Waals surface area (Å²) < 4.78 is 40.7. The summed E-state index contributed by atoms with van der Waals surface area (Å²) in [4.78, 5) is 12.6. The molecule has 40 heavy (non-hydrogen) atoms. The third-order valence-corrected chi connectivity index (χ3v) is 10.2. The van der Waals surface area contributed by atoms with E-state index in [9.17, 15) is 4.57 Å². The fraction of sp³-hybridized carbons (Fsp3) is 0.370. The highest BCUT2D eigenvalue weighted by atomic mass is 33.1. The highest BCUT2D eigenvalue weighted by Crippen LogP contribution is 2.52. The van der Waals surface area contributed by atoms with Gasteiger partial charge in [0.25, 0.3) is 0 Å². The molecule has 0 amide bonds. The maximum Gasteiger partial charge on any atom is 0.405 e. The van der Waals surface area contributed by atoms with Crippen LogP contribution >= 0.6 is 29.2 Å². The Balaban J connectivity index is 1.29. The molecule has 0 aliphatic carbocycles. The molecule has 13 heteroatoms. The molecule has 0 radical (unpaired) electrons. The van der Waals surface area contributed by atoms with Crippen LogP contribution in [-0.2, 0) is 31.7 Å². The lowest BCUT2D eigenvalue weighted by atomic mass is 10.2. The van der Waals surface area contributed by atoms with E-state index in [0.717, 1.165) is 11.1 Å². The Morgan fingerprint density at radius 3 is 2.67 bits per heavy atom. The van der Waals surface area contributed by atoms with Crippen LogP contribution in [0.4, 0.5) is 5.82 Å². The zero-order valence-corrected chi connectivity index (χ0v) is 24.8. The highest BCUT2D eigenvalue weighted by Gasteiger charge is 2.38. The Morgan fingerprint density at radius 1 is 1.07 bits per heavy atom. The number of benzene rings is 2. The number of hydrogen-bond donors (Lipinski definition) is 1. The molecule has 0 saturated carbocycles. The van der Waals surface area contributed by atoms with Gasteiger partial charge in [-0.1, -0.05) is 64.1 Å². The third kappa shape index (κ3) is 7.57. The van der Waals surface area contributed by atoms with Gasteiger partial charge in [0.05, 0.1) is 31.7 Å². The Kier molecular flexibility index (Phi) is 9.67. The van der Waals surface area contributed by atoms with E-state index in [4.69, 9.17) is 24.3 Å². The van der Waals surface area contributed by atoms with Crippen LogP contribution in [0.5, 0.6) is 5.75 Å². The number of fused-ring (bicyclic) bond motifs is 1. The first-order valence-electron chi connectivity index (χ1n) is 12.8. The second kappa shape index (κ2) is 13.4. The van der Waals surface area contributed by atoms with E-state index in [-0.39, 0.29) is 18.6 Å². The molecule has 5 rings (SSSR count). The van der Waals surface area contributed by atoms with Gasteiger partial charge in [-0.15, -0.1) is 0 Å². The zero-order chi connectivity index (χ0) is 28.0. The number of ether oxygens (including phenoxy) is 2. The van der Waals surface area contributed by atoms with Crippen LogP contribution in [0.2, 0.25) is 0 Å². The van der Waals surface area contributed by atoms with Gasteiger partial charge in [0.15, 0.2) is 17.8 Å². The van der Waals surface area contributed by atoms with Gasteiger partial charge < -0.3 is 24.3 Å². The van der Waals surface area contributed by atoms with Crippen LogP contribution in [0.15, 0.2) is 67.3 Å². The molecule has 10 nitrogen and oxygen atoms in total. The lowest BCUT2D eigenvalue weighted by Gasteiger charge is -2.33. The van der Waals surface area contributed by atoms with Crippen molar-refractivity contribution in [3.63, 3.8) is 0 Å². The van der Waals surface area contributed by atoms with E-state index in [1.807, 2.05) is 66.9 Å². The largest absolute Gasteiger partial charge is 0.423 e. The number of imidazole rings is 1. The summed E-state index contributed by atoms with van der Waals surface area (Å²) in [7, 11) is -0.371. The third-order valence-electron chi connectivity index (χ3n) is 6.20. The monoisotopic (exact) mass is 601 g/mol. The van der Waals surface area contributed by atoms with Gasteiger partial charge in [0.1, 0.15) is 23.7 Å². The predicted molar refractivity (Wildman–Crippen MR) is 159 cm³/mol. The van der Waals surface area contributed by atoms with E-state index in [1.54, 1.807) is 34.0 Å². The van der Waals surface area contributed by atoms with Crippen molar-refractivity contribution in [2.24, 2.45) is 0 Å². The van der Waals surface area contributed by atoms with Gasteiger partial charge in [-0.3, -0.25) is 4.52 Å². The van der Waals surface area contributed by atoms with Crippen molar-refractivity contribution < 1.29 is 23.1 Å². The van der Waals surface area contributed by atoms with Gasteiger partial charge in [-0.05, 0) is 37.1 Å². The number of aromatic nitrogens is 4. The average Bonchev–Trinajstić information content (AvgIpc) is 3.36. The summed E-state index contributed by atoms with van der Waals surface area (Å²) in [6, 6.07) is 17.4. The topological polar surface area (TPSA) is 124 Å². The molecular weight excluding hydrogens is 569 g/mol. The minimum absolute atomic E-state index is 0.231. The molecule has 3 heterocycles.